The van der Waals surface area contributed by atoms with Crippen molar-refractivity contribution in [3.8, 4) is 0 Å². The topological polar surface area (TPSA) is 38.0 Å². The van der Waals surface area contributed by atoms with Crippen LogP contribution in [-0.4, -0.2) is 21.0 Å². The van der Waals surface area contributed by atoms with Crippen LogP contribution in [0.4, 0.5) is 0 Å². The van der Waals surface area contributed by atoms with E-state index in [0.29, 0.717) is 5.92 Å². The highest BCUT2D eigenvalue weighted by atomic mass is 35.5. The Labute approximate surface area is 108 Å². The van der Waals surface area contributed by atoms with Gasteiger partial charge in [-0.15, -0.1) is 0 Å². The molecule has 3 nitrogen and oxygen atoms in total. The van der Waals surface area contributed by atoms with Gasteiger partial charge >= 0.3 is 0 Å². The van der Waals surface area contributed by atoms with Crippen LogP contribution in [0.2, 0.25) is 5.15 Å². The number of aliphatic hydroxyl groups is 1. The molecule has 1 aliphatic rings. The maximum Gasteiger partial charge on any atom is 0.130 e. The predicted molar refractivity (Wildman–Crippen MR) is 69.2 cm³/mol. The molecule has 0 amide bonds. The molecule has 1 aromatic rings. The minimum Gasteiger partial charge on any atom is -0.393 e. The Morgan fingerprint density at radius 2 is 2.12 bits per heavy atom. The van der Waals surface area contributed by atoms with Crippen molar-refractivity contribution in [1.29, 1.82) is 0 Å². The second-order valence-electron chi connectivity index (χ2n) is 5.22. The summed E-state index contributed by atoms with van der Waals surface area (Å²) < 4.78 is 1.74. The van der Waals surface area contributed by atoms with E-state index in [0.717, 1.165) is 42.1 Å². The third-order valence-corrected chi connectivity index (χ3v) is 4.24. The fraction of sp³-hybridized carbons (Fsp3) is 0.769. The van der Waals surface area contributed by atoms with E-state index in [9.17, 15) is 5.11 Å². The number of nitrogens with zero attached hydrogens (tertiary/aromatic N) is 2. The highest BCUT2D eigenvalue weighted by molar-refractivity contribution is 6.30. The van der Waals surface area contributed by atoms with Gasteiger partial charge in [0, 0.05) is 12.6 Å². The second-order valence-corrected chi connectivity index (χ2v) is 5.58. The van der Waals surface area contributed by atoms with Gasteiger partial charge in [0.2, 0.25) is 0 Å². The normalized spacial score (nSPS) is 25.9. The summed E-state index contributed by atoms with van der Waals surface area (Å²) >= 11 is 6.25. The lowest BCUT2D eigenvalue weighted by Crippen LogP contribution is -2.13. The minimum atomic E-state index is -0.127. The molecule has 0 spiro atoms. The van der Waals surface area contributed by atoms with E-state index in [2.05, 4.69) is 5.10 Å². The van der Waals surface area contributed by atoms with Crippen molar-refractivity contribution in [2.24, 2.45) is 13.0 Å². The van der Waals surface area contributed by atoms with Crippen molar-refractivity contribution >= 4 is 11.6 Å². The molecule has 17 heavy (non-hydrogen) atoms. The van der Waals surface area contributed by atoms with Crippen molar-refractivity contribution in [3.63, 3.8) is 0 Å². The summed E-state index contributed by atoms with van der Waals surface area (Å²) in [6.45, 7) is 2.01. The van der Waals surface area contributed by atoms with E-state index in [-0.39, 0.29) is 6.10 Å². The molecule has 1 fully saturated rings. The van der Waals surface area contributed by atoms with Gasteiger partial charge in [-0.3, -0.25) is 4.68 Å². The Balaban J connectivity index is 2.08. The van der Waals surface area contributed by atoms with E-state index in [4.69, 9.17) is 11.6 Å². The maximum atomic E-state index is 9.83. The second kappa shape index (κ2) is 5.40. The van der Waals surface area contributed by atoms with Crippen LogP contribution in [0.5, 0.6) is 0 Å². The molecule has 1 saturated carbocycles. The first-order valence-electron chi connectivity index (χ1n) is 6.44. The van der Waals surface area contributed by atoms with Crippen LogP contribution in [0.3, 0.4) is 0 Å². The van der Waals surface area contributed by atoms with E-state index in [1.54, 1.807) is 4.68 Å². The van der Waals surface area contributed by atoms with Crippen molar-refractivity contribution in [3.05, 3.63) is 16.4 Å². The Hall–Kier alpha value is -0.540. The van der Waals surface area contributed by atoms with Crippen LogP contribution in [0, 0.1) is 12.8 Å². The molecule has 0 bridgehead atoms. The van der Waals surface area contributed by atoms with Crippen LogP contribution in [0.15, 0.2) is 0 Å². The van der Waals surface area contributed by atoms with Crippen molar-refractivity contribution < 1.29 is 5.11 Å². The molecule has 2 unspecified atom stereocenters. The SMILES string of the molecule is Cc1nn(C)c(Cl)c1CC1CCCCC(O)C1. The molecule has 0 radical (unpaired) electrons. The van der Waals surface area contributed by atoms with Gasteiger partial charge in [0.1, 0.15) is 5.15 Å². The van der Waals surface area contributed by atoms with Gasteiger partial charge in [0.05, 0.1) is 11.8 Å². The third-order valence-electron chi connectivity index (χ3n) is 3.77. The number of aryl methyl sites for hydroxylation is 2. The number of aromatic nitrogens is 2. The van der Waals surface area contributed by atoms with Crippen molar-refractivity contribution in [2.75, 3.05) is 0 Å². The summed E-state index contributed by atoms with van der Waals surface area (Å²) in [5.41, 5.74) is 2.18. The molecule has 96 valence electrons. The maximum absolute atomic E-state index is 9.83. The highest BCUT2D eigenvalue weighted by Gasteiger charge is 2.22. The smallest absolute Gasteiger partial charge is 0.130 e. The molecule has 1 aliphatic carbocycles. The molecule has 1 aromatic heterocycles. The summed E-state index contributed by atoms with van der Waals surface area (Å²) in [6.07, 6.45) is 6.26. The zero-order valence-electron chi connectivity index (χ0n) is 10.6. The molecule has 1 heterocycles. The Bertz CT molecular complexity index is 389. The van der Waals surface area contributed by atoms with Gasteiger partial charge in [-0.2, -0.15) is 5.10 Å². The minimum absolute atomic E-state index is 0.127. The largest absolute Gasteiger partial charge is 0.393 e. The van der Waals surface area contributed by atoms with Gasteiger partial charge in [0.25, 0.3) is 0 Å². The fourth-order valence-electron chi connectivity index (χ4n) is 2.81. The standard InChI is InChI=1S/C13H21ClN2O/c1-9-12(13(14)16(2)15-9)8-10-5-3-4-6-11(17)7-10/h10-11,17H,3-8H2,1-2H3. The average molecular weight is 257 g/mol. The number of hydrogen-bond donors (Lipinski definition) is 1. The van der Waals surface area contributed by atoms with Crippen LogP contribution < -0.4 is 0 Å². The molecular formula is C13H21ClN2O. The first kappa shape index (κ1) is 12.9. The number of rotatable bonds is 2. The van der Waals surface area contributed by atoms with Gasteiger partial charge in [-0.05, 0) is 32.1 Å². The van der Waals surface area contributed by atoms with Crippen molar-refractivity contribution in [1.82, 2.24) is 9.78 Å². The lowest BCUT2D eigenvalue weighted by molar-refractivity contribution is 0.141. The van der Waals surface area contributed by atoms with Crippen molar-refractivity contribution in [2.45, 2.75) is 51.6 Å². The summed E-state index contributed by atoms with van der Waals surface area (Å²) in [6, 6.07) is 0. The first-order chi connectivity index (χ1) is 8.08. The Kier molecular flexibility index (Phi) is 4.10. The molecule has 0 aromatic carbocycles. The number of halogens is 1. The molecule has 2 rings (SSSR count). The quantitative estimate of drug-likeness (QED) is 0.827. The van der Waals surface area contributed by atoms with Crippen LogP contribution in [0.1, 0.15) is 43.4 Å². The third kappa shape index (κ3) is 3.02. The Morgan fingerprint density at radius 1 is 1.41 bits per heavy atom. The van der Waals surface area contributed by atoms with E-state index in [1.807, 2.05) is 14.0 Å². The summed E-state index contributed by atoms with van der Waals surface area (Å²) in [7, 11) is 1.88. The summed E-state index contributed by atoms with van der Waals surface area (Å²) in [5.74, 6) is 0.549. The van der Waals surface area contributed by atoms with Crippen LogP contribution in [-0.2, 0) is 13.5 Å². The van der Waals surface area contributed by atoms with Crippen LogP contribution >= 0.6 is 11.6 Å². The van der Waals surface area contributed by atoms with E-state index >= 15 is 0 Å². The lowest BCUT2D eigenvalue weighted by Gasteiger charge is -2.16. The molecular weight excluding hydrogens is 236 g/mol. The lowest BCUT2D eigenvalue weighted by atomic mass is 9.92. The zero-order chi connectivity index (χ0) is 12.4. The van der Waals surface area contributed by atoms with Gasteiger partial charge < -0.3 is 5.11 Å². The predicted octanol–water partition coefficient (Wildman–Crippen LogP) is 2.87. The average Bonchev–Trinajstić information content (AvgIpc) is 2.46. The monoisotopic (exact) mass is 256 g/mol. The summed E-state index contributed by atoms with van der Waals surface area (Å²) in [5, 5.41) is 14.9. The molecule has 1 N–H and O–H groups in total. The summed E-state index contributed by atoms with van der Waals surface area (Å²) in [4.78, 5) is 0. The van der Waals surface area contributed by atoms with Gasteiger partial charge in [0.15, 0.2) is 0 Å². The number of hydrogen-bond acceptors (Lipinski definition) is 2. The number of aliphatic hydroxyl groups excluding tert-OH is 1. The molecule has 4 heteroatoms. The van der Waals surface area contributed by atoms with Crippen LogP contribution in [0.25, 0.3) is 0 Å². The first-order valence-corrected chi connectivity index (χ1v) is 6.81. The zero-order valence-corrected chi connectivity index (χ0v) is 11.4. The highest BCUT2D eigenvalue weighted by Crippen LogP contribution is 2.29. The van der Waals surface area contributed by atoms with E-state index < -0.39 is 0 Å². The van der Waals surface area contributed by atoms with E-state index in [1.165, 1.54) is 12.8 Å². The molecule has 2 atom stereocenters. The molecule has 0 saturated heterocycles. The van der Waals surface area contributed by atoms with Gasteiger partial charge in [-0.25, -0.2) is 0 Å². The van der Waals surface area contributed by atoms with Gasteiger partial charge in [-0.1, -0.05) is 30.9 Å². The fourth-order valence-corrected chi connectivity index (χ4v) is 3.06. The molecule has 0 aliphatic heterocycles. The Morgan fingerprint density at radius 3 is 2.76 bits per heavy atom.